The Bertz CT molecular complexity index is 1280. The molecule has 3 aromatic rings. The highest BCUT2D eigenvalue weighted by Gasteiger charge is 2.22. The summed E-state index contributed by atoms with van der Waals surface area (Å²) in [4.78, 5) is -0.690. The van der Waals surface area contributed by atoms with E-state index < -0.39 is 30.8 Å². The van der Waals surface area contributed by atoms with Crippen LogP contribution >= 0.6 is 11.6 Å². The first-order chi connectivity index (χ1) is 13.6. The Labute approximate surface area is 173 Å². The quantitative estimate of drug-likeness (QED) is 0.577. The van der Waals surface area contributed by atoms with Crippen molar-refractivity contribution < 1.29 is 21.2 Å². The first-order valence-corrected chi connectivity index (χ1v) is 11.6. The van der Waals surface area contributed by atoms with Gasteiger partial charge in [0.25, 0.3) is 20.0 Å². The number of aryl methyl sites for hydroxylation is 1. The minimum Gasteiger partial charge on any atom is -0.279 e. The highest BCUT2D eigenvalue weighted by molar-refractivity contribution is 7.93. The summed E-state index contributed by atoms with van der Waals surface area (Å²) in [7, 11) is -8.31. The van der Waals surface area contributed by atoms with Crippen molar-refractivity contribution in [3.8, 4) is 0 Å². The van der Waals surface area contributed by atoms with E-state index in [1.807, 2.05) is 0 Å². The van der Waals surface area contributed by atoms with Gasteiger partial charge in [0.15, 0.2) is 0 Å². The Morgan fingerprint density at radius 3 is 2.10 bits per heavy atom. The largest absolute Gasteiger partial charge is 0.279 e. The summed E-state index contributed by atoms with van der Waals surface area (Å²) < 4.78 is 69.0. The maximum atomic E-state index is 13.9. The van der Waals surface area contributed by atoms with Crippen LogP contribution in [0, 0.1) is 12.7 Å². The van der Waals surface area contributed by atoms with E-state index in [9.17, 15) is 21.2 Å². The van der Waals surface area contributed by atoms with E-state index >= 15 is 0 Å². The number of sulfonamides is 2. The molecule has 0 fully saturated rings. The Morgan fingerprint density at radius 1 is 0.793 bits per heavy atom. The van der Waals surface area contributed by atoms with Crippen LogP contribution in [0.5, 0.6) is 0 Å². The van der Waals surface area contributed by atoms with E-state index in [-0.39, 0.29) is 21.3 Å². The smallest absolute Gasteiger partial charge is 0.264 e. The maximum Gasteiger partial charge on any atom is 0.264 e. The van der Waals surface area contributed by atoms with E-state index in [0.717, 1.165) is 18.2 Å². The van der Waals surface area contributed by atoms with Gasteiger partial charge in [-0.05, 0) is 48.9 Å². The summed E-state index contributed by atoms with van der Waals surface area (Å²) in [5, 5.41) is 0.213. The van der Waals surface area contributed by atoms with E-state index in [0.29, 0.717) is 5.56 Å². The highest BCUT2D eigenvalue weighted by Crippen LogP contribution is 2.28. The van der Waals surface area contributed by atoms with Gasteiger partial charge in [-0.15, -0.1) is 0 Å². The molecule has 0 saturated carbocycles. The molecule has 0 radical (unpaired) electrons. The SMILES string of the molecule is Cc1ccc(NS(=O)(=O)c2ccccc2F)cc1S(=O)(=O)Nc1ccccc1Cl. The van der Waals surface area contributed by atoms with E-state index in [1.54, 1.807) is 19.1 Å². The van der Waals surface area contributed by atoms with Crippen molar-refractivity contribution in [2.75, 3.05) is 9.44 Å². The first-order valence-electron chi connectivity index (χ1n) is 8.25. The van der Waals surface area contributed by atoms with Gasteiger partial charge in [-0.3, -0.25) is 9.44 Å². The molecule has 0 aliphatic heterocycles. The van der Waals surface area contributed by atoms with Gasteiger partial charge in [0.2, 0.25) is 0 Å². The fourth-order valence-electron chi connectivity index (χ4n) is 2.57. The number of halogens is 2. The zero-order chi connectivity index (χ0) is 21.2. The molecule has 0 aliphatic rings. The molecule has 0 saturated heterocycles. The topological polar surface area (TPSA) is 92.3 Å². The zero-order valence-electron chi connectivity index (χ0n) is 15.1. The number of nitrogens with one attached hydrogen (secondary N) is 2. The first kappa shape index (κ1) is 21.1. The summed E-state index contributed by atoms with van der Waals surface area (Å²) in [5.74, 6) is -0.916. The summed E-state index contributed by atoms with van der Waals surface area (Å²) in [6.45, 7) is 1.57. The van der Waals surface area contributed by atoms with Gasteiger partial charge < -0.3 is 0 Å². The molecule has 29 heavy (non-hydrogen) atoms. The van der Waals surface area contributed by atoms with Gasteiger partial charge in [0.05, 0.1) is 21.3 Å². The highest BCUT2D eigenvalue weighted by atomic mass is 35.5. The van der Waals surface area contributed by atoms with Crippen LogP contribution in [0.3, 0.4) is 0 Å². The van der Waals surface area contributed by atoms with Crippen molar-refractivity contribution in [3.05, 3.63) is 83.1 Å². The lowest BCUT2D eigenvalue weighted by molar-refractivity contribution is 0.570. The predicted molar refractivity (Wildman–Crippen MR) is 111 cm³/mol. The minimum atomic E-state index is -4.25. The second-order valence-corrected chi connectivity index (χ2v) is 9.81. The Balaban J connectivity index is 1.96. The van der Waals surface area contributed by atoms with Gasteiger partial charge in [-0.25, -0.2) is 21.2 Å². The van der Waals surface area contributed by atoms with Gasteiger partial charge in [0, 0.05) is 0 Å². The third-order valence-corrected chi connectivity index (χ3v) is 7.23. The van der Waals surface area contributed by atoms with Gasteiger partial charge in [0.1, 0.15) is 10.7 Å². The Morgan fingerprint density at radius 2 is 1.41 bits per heavy atom. The number of rotatable bonds is 6. The molecule has 2 N–H and O–H groups in total. The number of hydrogen-bond donors (Lipinski definition) is 2. The van der Waals surface area contributed by atoms with Crippen LogP contribution in [-0.4, -0.2) is 16.8 Å². The number of hydrogen-bond acceptors (Lipinski definition) is 4. The number of para-hydroxylation sites is 1. The zero-order valence-corrected chi connectivity index (χ0v) is 17.4. The van der Waals surface area contributed by atoms with Gasteiger partial charge in [-0.2, -0.15) is 0 Å². The van der Waals surface area contributed by atoms with E-state index in [1.165, 1.54) is 36.4 Å². The molecule has 3 rings (SSSR count). The molecule has 0 spiro atoms. The fraction of sp³-hybridized carbons (Fsp3) is 0.0526. The molecule has 0 unspecified atom stereocenters. The predicted octanol–water partition coefficient (Wildman–Crippen LogP) is 4.39. The van der Waals surface area contributed by atoms with Crippen molar-refractivity contribution in [1.82, 2.24) is 0 Å². The molecular weight excluding hydrogens is 439 g/mol. The molecule has 0 heterocycles. The molecule has 152 valence electrons. The van der Waals surface area contributed by atoms with Crippen molar-refractivity contribution in [2.24, 2.45) is 0 Å². The summed E-state index contributed by atoms with van der Waals surface area (Å²) in [6.07, 6.45) is 0. The molecule has 0 atom stereocenters. The van der Waals surface area contributed by atoms with Crippen LogP contribution in [0.15, 0.2) is 76.5 Å². The molecule has 6 nitrogen and oxygen atoms in total. The third kappa shape index (κ3) is 4.69. The molecule has 10 heteroatoms. The van der Waals surface area contributed by atoms with Gasteiger partial charge in [-0.1, -0.05) is 41.9 Å². The van der Waals surface area contributed by atoms with Crippen molar-refractivity contribution >= 4 is 43.0 Å². The van der Waals surface area contributed by atoms with Crippen molar-refractivity contribution in [2.45, 2.75) is 16.7 Å². The molecule has 3 aromatic carbocycles. The molecule has 0 bridgehead atoms. The molecular formula is C19H16ClFN2O4S2. The molecule has 0 aliphatic carbocycles. The lowest BCUT2D eigenvalue weighted by Gasteiger charge is -2.14. The van der Waals surface area contributed by atoms with Crippen LogP contribution in [0.1, 0.15) is 5.56 Å². The van der Waals surface area contributed by atoms with Gasteiger partial charge >= 0.3 is 0 Å². The van der Waals surface area contributed by atoms with Crippen LogP contribution in [0.4, 0.5) is 15.8 Å². The van der Waals surface area contributed by atoms with E-state index in [4.69, 9.17) is 11.6 Å². The maximum absolute atomic E-state index is 13.9. The van der Waals surface area contributed by atoms with Crippen molar-refractivity contribution in [1.29, 1.82) is 0 Å². The lowest BCUT2D eigenvalue weighted by atomic mass is 10.2. The number of benzene rings is 3. The molecule has 0 amide bonds. The normalized spacial score (nSPS) is 11.8. The third-order valence-electron chi connectivity index (χ3n) is 3.97. The Kier molecular flexibility index (Phi) is 5.83. The van der Waals surface area contributed by atoms with Crippen LogP contribution in [0.2, 0.25) is 5.02 Å². The average molecular weight is 455 g/mol. The second-order valence-electron chi connectivity index (χ2n) is 6.10. The van der Waals surface area contributed by atoms with Crippen LogP contribution < -0.4 is 9.44 Å². The number of anilines is 2. The standard InChI is InChI=1S/C19H16ClFN2O4S2/c1-13-10-11-14(22-28(24,25)18-9-5-3-7-16(18)21)12-19(13)29(26,27)23-17-8-4-2-6-15(17)20/h2-12,22-23H,1H3. The fourth-order valence-corrected chi connectivity index (χ4v) is 5.29. The Hall–Kier alpha value is -2.62. The summed E-state index contributed by atoms with van der Waals surface area (Å²) in [5.41, 5.74) is 0.544. The summed E-state index contributed by atoms with van der Waals surface area (Å²) >= 11 is 6.00. The molecule has 0 aromatic heterocycles. The van der Waals surface area contributed by atoms with E-state index in [2.05, 4.69) is 9.44 Å². The summed E-state index contributed by atoms with van der Waals surface area (Å²) in [6, 6.07) is 15.2. The van der Waals surface area contributed by atoms with Crippen LogP contribution in [0.25, 0.3) is 0 Å². The van der Waals surface area contributed by atoms with Crippen LogP contribution in [-0.2, 0) is 20.0 Å². The minimum absolute atomic E-state index is 0.0293. The monoisotopic (exact) mass is 454 g/mol. The second kappa shape index (κ2) is 8.02. The average Bonchev–Trinajstić information content (AvgIpc) is 2.65. The lowest BCUT2D eigenvalue weighted by Crippen LogP contribution is -2.17. The van der Waals surface area contributed by atoms with Crippen molar-refractivity contribution in [3.63, 3.8) is 0 Å².